The zero-order valence-electron chi connectivity index (χ0n) is 18.6. The summed E-state index contributed by atoms with van der Waals surface area (Å²) in [6.45, 7) is 2.43. The second-order valence-electron chi connectivity index (χ2n) is 9.74. The summed E-state index contributed by atoms with van der Waals surface area (Å²) in [4.78, 5) is 38.1. The molecule has 2 amide bonds. The first-order valence-corrected chi connectivity index (χ1v) is 11.5. The number of benzene rings is 2. The molecule has 0 bridgehead atoms. The van der Waals surface area contributed by atoms with E-state index in [1.807, 2.05) is 24.3 Å². The Morgan fingerprint density at radius 2 is 1.64 bits per heavy atom. The minimum Gasteiger partial charge on any atom is -0.481 e. The summed E-state index contributed by atoms with van der Waals surface area (Å²) in [5, 5.41) is 12.2. The van der Waals surface area contributed by atoms with Crippen molar-refractivity contribution in [1.29, 1.82) is 0 Å². The fourth-order valence-electron chi connectivity index (χ4n) is 5.49. The fourth-order valence-corrected chi connectivity index (χ4v) is 5.49. The third kappa shape index (κ3) is 3.86. The van der Waals surface area contributed by atoms with E-state index in [9.17, 15) is 19.5 Å². The molecule has 0 spiro atoms. The highest BCUT2D eigenvalue weighted by molar-refractivity contribution is 5.85. The van der Waals surface area contributed by atoms with Gasteiger partial charge in [0.1, 0.15) is 6.61 Å². The van der Waals surface area contributed by atoms with Crippen LogP contribution in [0, 0.1) is 11.3 Å². The van der Waals surface area contributed by atoms with Gasteiger partial charge >= 0.3 is 12.1 Å². The van der Waals surface area contributed by atoms with Crippen LogP contribution in [-0.2, 0) is 14.3 Å². The van der Waals surface area contributed by atoms with Gasteiger partial charge in [0.15, 0.2) is 0 Å². The molecule has 5 rings (SSSR count). The fraction of sp³-hybridized carbons (Fsp3) is 0.423. The van der Waals surface area contributed by atoms with Crippen LogP contribution in [-0.4, -0.2) is 53.7 Å². The Hall–Kier alpha value is -3.35. The molecule has 7 nitrogen and oxygen atoms in total. The van der Waals surface area contributed by atoms with Crippen molar-refractivity contribution in [3.05, 3.63) is 59.7 Å². The minimum absolute atomic E-state index is 0.00874. The summed E-state index contributed by atoms with van der Waals surface area (Å²) in [6, 6.07) is 16.3. The maximum Gasteiger partial charge on any atom is 0.407 e. The Morgan fingerprint density at radius 1 is 1.03 bits per heavy atom. The summed E-state index contributed by atoms with van der Waals surface area (Å²) in [7, 11) is 0. The number of aliphatic carboxylic acids is 1. The number of alkyl carbamates (subject to hydrolysis) is 1. The van der Waals surface area contributed by atoms with Crippen molar-refractivity contribution in [2.75, 3.05) is 19.7 Å². The van der Waals surface area contributed by atoms with E-state index >= 15 is 0 Å². The molecule has 0 aromatic heterocycles. The molecule has 7 heteroatoms. The van der Waals surface area contributed by atoms with Crippen LogP contribution in [0.25, 0.3) is 11.1 Å². The summed E-state index contributed by atoms with van der Waals surface area (Å²) < 4.78 is 5.62. The smallest absolute Gasteiger partial charge is 0.407 e. The molecular formula is C26H28N2O5. The highest BCUT2D eigenvalue weighted by Crippen LogP contribution is 2.44. The monoisotopic (exact) mass is 448 g/mol. The zero-order valence-corrected chi connectivity index (χ0v) is 18.6. The van der Waals surface area contributed by atoms with E-state index in [2.05, 4.69) is 29.6 Å². The van der Waals surface area contributed by atoms with Crippen LogP contribution < -0.4 is 5.32 Å². The standard InChI is InChI=1S/C26H28N2O5/c1-26(24(30)31)14-28(15-26)23(29)16-10-11-17(12-16)27-25(32)33-13-22-20-8-4-2-6-18(20)19-7-3-5-9-21(19)22/h2-9,16-17,22H,10-15H2,1H3,(H,27,32)(H,30,31)/t16-,17+/m0/s1. The number of carbonyl (C=O) groups excluding carboxylic acids is 2. The maximum absolute atomic E-state index is 12.7. The van der Waals surface area contributed by atoms with Crippen LogP contribution in [0.15, 0.2) is 48.5 Å². The van der Waals surface area contributed by atoms with Gasteiger partial charge in [-0.2, -0.15) is 0 Å². The van der Waals surface area contributed by atoms with E-state index in [0.29, 0.717) is 19.3 Å². The minimum atomic E-state index is -0.868. The summed E-state index contributed by atoms with van der Waals surface area (Å²) in [5.41, 5.74) is 3.86. The molecule has 3 aliphatic rings. The number of carboxylic acids is 1. The van der Waals surface area contributed by atoms with Crippen LogP contribution >= 0.6 is 0 Å². The number of ether oxygens (including phenoxy) is 1. The third-order valence-corrected chi connectivity index (χ3v) is 7.36. The average molecular weight is 449 g/mol. The normalized spacial score (nSPS) is 22.8. The number of hydrogen-bond donors (Lipinski definition) is 2. The first-order chi connectivity index (χ1) is 15.9. The Labute approximate surface area is 192 Å². The molecule has 2 fully saturated rings. The van der Waals surface area contributed by atoms with Gasteiger partial charge in [-0.15, -0.1) is 0 Å². The summed E-state index contributed by atoms with van der Waals surface area (Å²) in [5.74, 6) is -1.04. The number of likely N-dealkylation sites (tertiary alicyclic amines) is 1. The van der Waals surface area contributed by atoms with E-state index in [1.165, 1.54) is 22.3 Å². The lowest BCUT2D eigenvalue weighted by atomic mass is 9.81. The molecular weight excluding hydrogens is 420 g/mol. The third-order valence-electron chi connectivity index (χ3n) is 7.36. The lowest BCUT2D eigenvalue weighted by Gasteiger charge is -2.45. The predicted molar refractivity (Wildman–Crippen MR) is 122 cm³/mol. The molecule has 1 aliphatic heterocycles. The molecule has 2 aromatic carbocycles. The van der Waals surface area contributed by atoms with E-state index in [0.717, 1.165) is 0 Å². The number of carbonyl (C=O) groups is 3. The summed E-state index contributed by atoms with van der Waals surface area (Å²) in [6.07, 6.45) is 1.50. The Balaban J connectivity index is 1.13. The van der Waals surface area contributed by atoms with Crippen LogP contribution in [0.3, 0.4) is 0 Å². The van der Waals surface area contributed by atoms with E-state index < -0.39 is 17.5 Å². The molecule has 2 N–H and O–H groups in total. The van der Waals surface area contributed by atoms with Crippen molar-refractivity contribution in [2.24, 2.45) is 11.3 Å². The van der Waals surface area contributed by atoms with Crippen LogP contribution in [0.2, 0.25) is 0 Å². The van der Waals surface area contributed by atoms with Gasteiger partial charge in [0.25, 0.3) is 0 Å². The molecule has 2 aromatic rings. The molecule has 33 heavy (non-hydrogen) atoms. The molecule has 0 unspecified atom stereocenters. The number of nitrogens with zero attached hydrogens (tertiary/aromatic N) is 1. The number of carboxylic acid groups (broad SMARTS) is 1. The lowest BCUT2D eigenvalue weighted by molar-refractivity contribution is -0.165. The second kappa shape index (κ2) is 8.21. The molecule has 172 valence electrons. The Kier molecular flexibility index (Phi) is 5.35. The van der Waals surface area contributed by atoms with E-state index in [-0.39, 0.29) is 43.5 Å². The van der Waals surface area contributed by atoms with Crippen molar-refractivity contribution >= 4 is 18.0 Å². The van der Waals surface area contributed by atoms with Crippen molar-refractivity contribution in [3.8, 4) is 11.1 Å². The Bertz CT molecular complexity index is 1060. The van der Waals surface area contributed by atoms with Crippen LogP contribution in [0.1, 0.15) is 43.2 Å². The van der Waals surface area contributed by atoms with Gasteiger partial charge in [0.05, 0.1) is 5.41 Å². The van der Waals surface area contributed by atoms with Gasteiger partial charge in [-0.1, -0.05) is 48.5 Å². The van der Waals surface area contributed by atoms with Crippen molar-refractivity contribution in [3.63, 3.8) is 0 Å². The van der Waals surface area contributed by atoms with Crippen molar-refractivity contribution < 1.29 is 24.2 Å². The molecule has 0 radical (unpaired) electrons. The molecule has 1 heterocycles. The second-order valence-corrected chi connectivity index (χ2v) is 9.74. The quantitative estimate of drug-likeness (QED) is 0.728. The number of rotatable bonds is 5. The zero-order chi connectivity index (χ0) is 23.2. The maximum atomic E-state index is 12.7. The van der Waals surface area contributed by atoms with Gasteiger partial charge in [0.2, 0.25) is 5.91 Å². The number of nitrogens with one attached hydrogen (secondary N) is 1. The van der Waals surface area contributed by atoms with E-state index in [1.54, 1.807) is 11.8 Å². The van der Waals surface area contributed by atoms with Crippen molar-refractivity contribution in [2.45, 2.75) is 38.1 Å². The number of amides is 2. The van der Waals surface area contributed by atoms with Crippen LogP contribution in [0.5, 0.6) is 0 Å². The molecule has 2 aliphatic carbocycles. The number of fused-ring (bicyclic) bond motifs is 3. The molecule has 2 atom stereocenters. The first kappa shape index (κ1) is 21.5. The van der Waals surface area contributed by atoms with E-state index in [4.69, 9.17) is 4.74 Å². The van der Waals surface area contributed by atoms with Crippen LogP contribution in [0.4, 0.5) is 4.79 Å². The molecule has 1 saturated heterocycles. The van der Waals surface area contributed by atoms with Gasteiger partial charge in [-0.25, -0.2) is 4.79 Å². The lowest BCUT2D eigenvalue weighted by Crippen LogP contribution is -2.61. The predicted octanol–water partition coefficient (Wildman–Crippen LogP) is 3.63. The highest BCUT2D eigenvalue weighted by Gasteiger charge is 2.49. The van der Waals surface area contributed by atoms with Gasteiger partial charge < -0.3 is 20.1 Å². The molecule has 1 saturated carbocycles. The largest absolute Gasteiger partial charge is 0.481 e. The van der Waals surface area contributed by atoms with Gasteiger partial charge in [0, 0.05) is 31.0 Å². The Morgan fingerprint density at radius 3 is 2.24 bits per heavy atom. The highest BCUT2D eigenvalue weighted by atomic mass is 16.5. The number of hydrogen-bond acceptors (Lipinski definition) is 4. The van der Waals surface area contributed by atoms with Gasteiger partial charge in [-0.3, -0.25) is 9.59 Å². The average Bonchev–Trinajstić information content (AvgIpc) is 3.37. The summed E-state index contributed by atoms with van der Waals surface area (Å²) >= 11 is 0. The topological polar surface area (TPSA) is 95.9 Å². The SMILES string of the molecule is CC1(C(=O)O)CN(C(=O)[C@H]2CC[C@@H](NC(=O)OCC3c4ccccc4-c4ccccc43)C2)C1. The van der Waals surface area contributed by atoms with Crippen molar-refractivity contribution in [1.82, 2.24) is 10.2 Å². The van der Waals surface area contributed by atoms with Gasteiger partial charge in [-0.05, 0) is 48.4 Å². The first-order valence-electron chi connectivity index (χ1n) is 11.5.